The van der Waals surface area contributed by atoms with Gasteiger partial charge in [0.2, 0.25) is 5.91 Å². The Bertz CT molecular complexity index is 813. The van der Waals surface area contributed by atoms with E-state index in [9.17, 15) is 22.4 Å². The molecular formula is C19H27FN2O5S. The van der Waals surface area contributed by atoms with Crippen molar-refractivity contribution in [2.24, 2.45) is 0 Å². The number of urea groups is 1. The van der Waals surface area contributed by atoms with Crippen molar-refractivity contribution < 1.29 is 27.1 Å². The first kappa shape index (κ1) is 22.1. The second-order valence-electron chi connectivity index (χ2n) is 6.97. The summed E-state index contributed by atoms with van der Waals surface area (Å²) in [7, 11) is -3.26. The van der Waals surface area contributed by atoms with Crippen LogP contribution in [-0.2, 0) is 14.6 Å². The number of hydrogen-bond donors (Lipinski definition) is 1. The lowest BCUT2D eigenvalue weighted by atomic mass is 10.0. The van der Waals surface area contributed by atoms with Gasteiger partial charge in [-0.3, -0.25) is 10.1 Å². The Labute approximate surface area is 165 Å². The molecule has 1 fully saturated rings. The molecule has 1 heterocycles. The van der Waals surface area contributed by atoms with E-state index in [2.05, 4.69) is 5.32 Å². The molecule has 1 aliphatic rings. The Morgan fingerprint density at radius 2 is 2.00 bits per heavy atom. The predicted molar refractivity (Wildman–Crippen MR) is 104 cm³/mol. The maximum absolute atomic E-state index is 13.7. The van der Waals surface area contributed by atoms with Crippen LogP contribution in [0.5, 0.6) is 5.75 Å². The lowest BCUT2D eigenvalue weighted by molar-refractivity contribution is -0.118. The van der Waals surface area contributed by atoms with E-state index < -0.39 is 21.7 Å². The third-order valence-corrected chi connectivity index (χ3v) is 6.50. The van der Waals surface area contributed by atoms with Crippen molar-refractivity contribution in [1.82, 2.24) is 10.2 Å². The maximum Gasteiger partial charge on any atom is 0.324 e. The standard InChI is InChI=1S/C19H27FN2O5S/c1-3-27-17-11-15(7-8-16(17)20)14(2)13-28(25,26)10-6-4-5-9-22-12-18(23)21-19(22)24/h7-8,11,14H,3-6,9-10,12-13H2,1-2H3,(H,21,23,24)/t14-/m0/s1. The molecule has 9 heteroatoms. The van der Waals surface area contributed by atoms with E-state index in [4.69, 9.17) is 4.74 Å². The van der Waals surface area contributed by atoms with Crippen LogP contribution in [0.25, 0.3) is 0 Å². The average molecular weight is 414 g/mol. The van der Waals surface area contributed by atoms with Gasteiger partial charge in [0, 0.05) is 6.54 Å². The number of hydrogen-bond acceptors (Lipinski definition) is 5. The zero-order valence-corrected chi connectivity index (χ0v) is 17.1. The van der Waals surface area contributed by atoms with E-state index >= 15 is 0 Å². The summed E-state index contributed by atoms with van der Waals surface area (Å²) in [5.74, 6) is -0.878. The monoisotopic (exact) mass is 414 g/mol. The first-order valence-electron chi connectivity index (χ1n) is 9.43. The molecule has 0 unspecified atom stereocenters. The molecule has 156 valence electrons. The van der Waals surface area contributed by atoms with Crippen LogP contribution < -0.4 is 10.1 Å². The number of amides is 3. The van der Waals surface area contributed by atoms with Crippen LogP contribution in [-0.4, -0.2) is 56.5 Å². The summed E-state index contributed by atoms with van der Waals surface area (Å²) in [4.78, 5) is 23.9. The summed E-state index contributed by atoms with van der Waals surface area (Å²) >= 11 is 0. The van der Waals surface area contributed by atoms with Gasteiger partial charge in [-0.25, -0.2) is 17.6 Å². The van der Waals surface area contributed by atoms with Crippen LogP contribution in [0.1, 0.15) is 44.6 Å². The second kappa shape index (κ2) is 9.86. The number of unbranched alkanes of at least 4 members (excludes halogenated alkanes) is 2. The van der Waals surface area contributed by atoms with Crippen LogP contribution in [0, 0.1) is 5.82 Å². The minimum atomic E-state index is -3.26. The van der Waals surface area contributed by atoms with Crippen LogP contribution in [0.15, 0.2) is 18.2 Å². The largest absolute Gasteiger partial charge is 0.491 e. The average Bonchev–Trinajstić information content (AvgIpc) is 2.93. The lowest BCUT2D eigenvalue weighted by Crippen LogP contribution is -2.29. The van der Waals surface area contributed by atoms with Crippen molar-refractivity contribution in [3.8, 4) is 5.75 Å². The minimum Gasteiger partial charge on any atom is -0.491 e. The van der Waals surface area contributed by atoms with Gasteiger partial charge < -0.3 is 9.64 Å². The summed E-state index contributed by atoms with van der Waals surface area (Å²) in [6.45, 7) is 4.39. The molecule has 3 amide bonds. The quantitative estimate of drug-likeness (QED) is 0.444. The van der Waals surface area contributed by atoms with Gasteiger partial charge in [0.1, 0.15) is 6.54 Å². The molecule has 28 heavy (non-hydrogen) atoms. The molecule has 0 aromatic heterocycles. The van der Waals surface area contributed by atoms with Crippen molar-refractivity contribution in [2.45, 2.75) is 39.0 Å². The fourth-order valence-electron chi connectivity index (χ4n) is 3.12. The van der Waals surface area contributed by atoms with Crippen molar-refractivity contribution >= 4 is 21.8 Å². The van der Waals surface area contributed by atoms with Crippen molar-refractivity contribution in [3.05, 3.63) is 29.6 Å². The van der Waals surface area contributed by atoms with Crippen LogP contribution in [0.4, 0.5) is 9.18 Å². The van der Waals surface area contributed by atoms with Crippen LogP contribution >= 0.6 is 0 Å². The highest BCUT2D eigenvalue weighted by atomic mass is 32.2. The van der Waals surface area contributed by atoms with E-state index in [0.717, 1.165) is 5.56 Å². The van der Waals surface area contributed by atoms with Gasteiger partial charge in [0.25, 0.3) is 0 Å². The molecule has 1 aliphatic heterocycles. The SMILES string of the molecule is CCOc1cc([C@@H](C)CS(=O)(=O)CCCCCN2CC(=O)NC2=O)ccc1F. The molecule has 1 atom stereocenters. The Hall–Kier alpha value is -2.16. The summed E-state index contributed by atoms with van der Waals surface area (Å²) in [5.41, 5.74) is 0.720. The third kappa shape index (κ3) is 6.47. The van der Waals surface area contributed by atoms with Crippen LogP contribution in [0.2, 0.25) is 0 Å². The molecule has 1 aromatic rings. The highest BCUT2D eigenvalue weighted by Crippen LogP contribution is 2.25. The van der Waals surface area contributed by atoms with E-state index in [-0.39, 0.29) is 35.6 Å². The zero-order valence-electron chi connectivity index (χ0n) is 16.2. The van der Waals surface area contributed by atoms with E-state index in [1.807, 2.05) is 0 Å². The predicted octanol–water partition coefficient (Wildman–Crippen LogP) is 2.46. The van der Waals surface area contributed by atoms with E-state index in [0.29, 0.717) is 32.4 Å². The number of carbonyl (C=O) groups excluding carboxylic acids is 2. The number of nitrogens with one attached hydrogen (secondary N) is 1. The highest BCUT2D eigenvalue weighted by molar-refractivity contribution is 7.91. The van der Waals surface area contributed by atoms with Gasteiger partial charge in [-0.1, -0.05) is 19.4 Å². The number of nitrogens with zero attached hydrogens (tertiary/aromatic N) is 1. The minimum absolute atomic E-state index is 0.0206. The van der Waals surface area contributed by atoms with Gasteiger partial charge in [-0.05, 0) is 43.4 Å². The molecule has 1 aromatic carbocycles. The lowest BCUT2D eigenvalue weighted by Gasteiger charge is -2.15. The van der Waals surface area contributed by atoms with Gasteiger partial charge in [0.05, 0.1) is 18.1 Å². The fraction of sp³-hybridized carbons (Fsp3) is 0.579. The summed E-state index contributed by atoms with van der Waals surface area (Å²) < 4.78 is 43.7. The number of carbonyl (C=O) groups is 2. The first-order valence-corrected chi connectivity index (χ1v) is 11.3. The number of rotatable bonds is 11. The molecule has 0 saturated carbocycles. The Morgan fingerprint density at radius 3 is 2.64 bits per heavy atom. The number of imide groups is 1. The molecule has 0 aliphatic carbocycles. The molecule has 0 radical (unpaired) electrons. The Kier molecular flexibility index (Phi) is 7.79. The first-order chi connectivity index (χ1) is 13.2. The van der Waals surface area contributed by atoms with Crippen LogP contribution in [0.3, 0.4) is 0 Å². The van der Waals surface area contributed by atoms with Gasteiger partial charge in [-0.15, -0.1) is 0 Å². The van der Waals surface area contributed by atoms with E-state index in [1.54, 1.807) is 26.0 Å². The van der Waals surface area contributed by atoms with E-state index in [1.165, 1.54) is 11.0 Å². The molecule has 1 saturated heterocycles. The summed E-state index contributed by atoms with van der Waals surface area (Å²) in [5, 5.41) is 2.20. The van der Waals surface area contributed by atoms with Crippen molar-refractivity contribution in [1.29, 1.82) is 0 Å². The van der Waals surface area contributed by atoms with Gasteiger partial charge in [0.15, 0.2) is 21.4 Å². The normalized spacial score (nSPS) is 15.6. The maximum atomic E-state index is 13.7. The fourth-order valence-corrected chi connectivity index (χ4v) is 4.88. The van der Waals surface area contributed by atoms with Gasteiger partial charge >= 0.3 is 6.03 Å². The molecule has 0 spiro atoms. The van der Waals surface area contributed by atoms with Crippen molar-refractivity contribution in [2.75, 3.05) is 31.2 Å². The number of halogens is 1. The Morgan fingerprint density at radius 1 is 1.25 bits per heavy atom. The number of ether oxygens (including phenoxy) is 1. The molecule has 7 nitrogen and oxygen atoms in total. The molecular weight excluding hydrogens is 387 g/mol. The summed E-state index contributed by atoms with van der Waals surface area (Å²) in [6, 6.07) is 4.04. The topological polar surface area (TPSA) is 92.8 Å². The zero-order chi connectivity index (χ0) is 20.7. The summed E-state index contributed by atoms with van der Waals surface area (Å²) in [6.07, 6.45) is 1.78. The van der Waals surface area contributed by atoms with Gasteiger partial charge in [-0.2, -0.15) is 0 Å². The molecule has 1 N–H and O–H groups in total. The third-order valence-electron chi connectivity index (χ3n) is 4.58. The molecule has 2 rings (SSSR count). The second-order valence-corrected chi connectivity index (χ2v) is 9.20. The molecule has 0 bridgehead atoms. The number of benzene rings is 1. The Balaban J connectivity index is 1.77. The highest BCUT2D eigenvalue weighted by Gasteiger charge is 2.25. The number of sulfone groups is 1. The smallest absolute Gasteiger partial charge is 0.324 e. The van der Waals surface area contributed by atoms with Crippen molar-refractivity contribution in [3.63, 3.8) is 0 Å².